The minimum absolute atomic E-state index is 0.0287. The van der Waals surface area contributed by atoms with Crippen LogP contribution >= 0.6 is 30.3 Å². The van der Waals surface area contributed by atoms with Crippen molar-refractivity contribution in [2.45, 2.75) is 96.8 Å². The summed E-state index contributed by atoms with van der Waals surface area (Å²) in [4.78, 5) is 40.1. The van der Waals surface area contributed by atoms with Gasteiger partial charge >= 0.3 is 19.6 Å². The van der Waals surface area contributed by atoms with Crippen molar-refractivity contribution in [1.29, 1.82) is 0 Å². The minimum Gasteiger partial charge on any atom is -0.479 e. The number of hydrogen-bond acceptors (Lipinski definition) is 14. The van der Waals surface area contributed by atoms with Gasteiger partial charge in [0.05, 0.1) is 13.7 Å². The van der Waals surface area contributed by atoms with E-state index in [1.807, 2.05) is 111 Å². The van der Waals surface area contributed by atoms with Crippen molar-refractivity contribution < 1.29 is 47.8 Å². The van der Waals surface area contributed by atoms with Gasteiger partial charge in [-0.15, -0.1) is 0 Å². The Morgan fingerprint density at radius 1 is 0.930 bits per heavy atom. The molecule has 0 unspecified atom stereocenters. The molecule has 1 aliphatic heterocycles. The van der Waals surface area contributed by atoms with E-state index in [9.17, 15) is 19.8 Å². The first-order valence-corrected chi connectivity index (χ1v) is 21.2. The number of aromatic nitrogens is 4. The number of nitrogens with zero attached hydrogens (tertiary/aromatic N) is 4. The second kappa shape index (κ2) is 19.3. The lowest BCUT2D eigenvalue weighted by atomic mass is 9.96. The highest BCUT2D eigenvalue weighted by molar-refractivity contribution is 14.1. The highest BCUT2D eigenvalue weighted by Crippen LogP contribution is 2.45. The van der Waals surface area contributed by atoms with Gasteiger partial charge < -0.3 is 39.4 Å². The number of esters is 2. The van der Waals surface area contributed by atoms with E-state index in [4.69, 9.17) is 29.2 Å². The fraction of sp³-hybridized carbons (Fsp3) is 0.500. The Balaban J connectivity index is 1.43. The Bertz CT molecular complexity index is 1950. The number of aliphatic hydroxyl groups is 2. The maximum absolute atomic E-state index is 15.1. The minimum atomic E-state index is -4.46. The summed E-state index contributed by atoms with van der Waals surface area (Å²) >= 11 is 1.92. The van der Waals surface area contributed by atoms with Crippen LogP contribution in [0, 0.1) is 15.7 Å². The number of anilines is 1. The summed E-state index contributed by atoms with van der Waals surface area (Å²) < 4.78 is 45.8. The monoisotopic (exact) mass is 923 g/mol. The van der Waals surface area contributed by atoms with Crippen molar-refractivity contribution >= 4 is 59.3 Å². The molecule has 5 rings (SSSR count). The molecule has 0 radical (unpaired) electrons. The molecule has 1 aliphatic rings. The number of benzene rings is 2. The van der Waals surface area contributed by atoms with Crippen LogP contribution in [0.3, 0.4) is 0 Å². The third kappa shape index (κ3) is 11.3. The first-order chi connectivity index (χ1) is 27.0. The summed E-state index contributed by atoms with van der Waals surface area (Å²) in [5, 5.41) is 28.9. The van der Waals surface area contributed by atoms with Crippen LogP contribution in [0.5, 0.6) is 5.88 Å². The largest absolute Gasteiger partial charge is 0.479 e. The molecule has 17 nitrogen and oxygen atoms in total. The fourth-order valence-corrected chi connectivity index (χ4v) is 8.89. The van der Waals surface area contributed by atoms with Crippen LogP contribution in [-0.2, 0) is 46.1 Å². The number of imidazole rings is 1. The molecule has 1 saturated heterocycles. The van der Waals surface area contributed by atoms with Crippen molar-refractivity contribution in [1.82, 2.24) is 29.7 Å². The average molecular weight is 924 g/mol. The fourth-order valence-electron chi connectivity index (χ4n) is 6.35. The van der Waals surface area contributed by atoms with E-state index in [0.29, 0.717) is 3.83 Å². The molecule has 19 heteroatoms. The molecule has 0 bridgehead atoms. The van der Waals surface area contributed by atoms with E-state index in [1.54, 1.807) is 0 Å². The van der Waals surface area contributed by atoms with E-state index in [0.717, 1.165) is 11.1 Å². The van der Waals surface area contributed by atoms with Crippen LogP contribution < -0.4 is 20.6 Å². The Hall–Kier alpha value is -3.75. The van der Waals surface area contributed by atoms with Gasteiger partial charge in [0, 0.05) is 22.6 Å². The molecule has 57 heavy (non-hydrogen) atoms. The normalized spacial score (nSPS) is 20.9. The van der Waals surface area contributed by atoms with Gasteiger partial charge in [0.25, 0.3) is 0 Å². The number of aliphatic hydroxyl groups excluding tert-OH is 1. The van der Waals surface area contributed by atoms with Gasteiger partial charge in [0.1, 0.15) is 43.1 Å². The number of hydrogen-bond donors (Lipinski definition) is 5. The summed E-state index contributed by atoms with van der Waals surface area (Å²) in [5.41, 5.74) is 5.90. The Kier molecular flexibility index (Phi) is 15.0. The van der Waals surface area contributed by atoms with Crippen molar-refractivity contribution in [3.05, 3.63) is 75.6 Å². The zero-order chi connectivity index (χ0) is 41.5. The summed E-state index contributed by atoms with van der Waals surface area (Å²) in [6.45, 7) is 8.29. The van der Waals surface area contributed by atoms with Crippen molar-refractivity contribution in [2.24, 2.45) is 11.8 Å². The second-order valence-corrected chi connectivity index (χ2v) is 17.7. The number of methoxy groups -OCH3 is 1. The van der Waals surface area contributed by atoms with Crippen LogP contribution in [0.4, 0.5) is 5.95 Å². The van der Waals surface area contributed by atoms with Crippen molar-refractivity contribution in [2.75, 3.05) is 19.5 Å². The average Bonchev–Trinajstić information content (AvgIpc) is 3.60. The van der Waals surface area contributed by atoms with Gasteiger partial charge in [-0.2, -0.15) is 9.97 Å². The number of nitrogens with two attached hydrogens (primary N) is 1. The Morgan fingerprint density at radius 3 is 1.91 bits per heavy atom. The second-order valence-electron chi connectivity index (χ2n) is 14.9. The molecule has 4 aromatic rings. The van der Waals surface area contributed by atoms with E-state index < -0.39 is 62.3 Å². The van der Waals surface area contributed by atoms with E-state index in [-0.39, 0.29) is 60.9 Å². The molecule has 0 amide bonds. The van der Waals surface area contributed by atoms with Gasteiger partial charge in [-0.3, -0.25) is 18.7 Å². The lowest BCUT2D eigenvalue weighted by Gasteiger charge is -2.30. The zero-order valence-corrected chi connectivity index (χ0v) is 35.8. The quantitative estimate of drug-likeness (QED) is 0.0373. The van der Waals surface area contributed by atoms with Crippen LogP contribution in [0.2, 0.25) is 0 Å². The van der Waals surface area contributed by atoms with Gasteiger partial charge in [0.15, 0.2) is 21.2 Å². The topological polar surface area (TPSA) is 231 Å². The van der Waals surface area contributed by atoms with Gasteiger partial charge in [-0.05, 0) is 42.7 Å². The molecule has 310 valence electrons. The smallest absolute Gasteiger partial charge is 0.342 e. The van der Waals surface area contributed by atoms with Crippen LogP contribution in [-0.4, -0.2) is 85.3 Å². The third-order valence-corrected chi connectivity index (χ3v) is 11.7. The number of ether oxygens (including phenoxy) is 4. The number of halogens is 1. The molecular formula is C38H51IN7O10P. The summed E-state index contributed by atoms with van der Waals surface area (Å²) in [5.74, 6) is -1.54. The molecule has 3 heterocycles. The van der Waals surface area contributed by atoms with Crippen LogP contribution in [0.15, 0.2) is 60.7 Å². The van der Waals surface area contributed by atoms with E-state index in [1.165, 1.54) is 18.6 Å². The first-order valence-electron chi connectivity index (χ1n) is 18.5. The lowest BCUT2D eigenvalue weighted by Crippen LogP contribution is -2.47. The zero-order valence-electron chi connectivity index (χ0n) is 32.7. The number of nitrogens with one attached hydrogen (secondary N) is 2. The molecule has 1 fully saturated rings. The van der Waals surface area contributed by atoms with Gasteiger partial charge in [-0.1, -0.05) is 88.4 Å². The molecule has 0 aliphatic carbocycles. The molecule has 6 N–H and O–H groups in total. The van der Waals surface area contributed by atoms with Crippen molar-refractivity contribution in [3.63, 3.8) is 0 Å². The first kappa shape index (κ1) is 44.4. The lowest BCUT2D eigenvalue weighted by molar-refractivity contribution is -0.147. The predicted molar refractivity (Wildman–Crippen MR) is 218 cm³/mol. The van der Waals surface area contributed by atoms with Crippen LogP contribution in [0.25, 0.3) is 11.2 Å². The third-order valence-electron chi connectivity index (χ3n) is 9.17. The number of rotatable bonds is 19. The summed E-state index contributed by atoms with van der Waals surface area (Å²) in [6, 6.07) is 15.9. The molecular weight excluding hydrogens is 872 g/mol. The molecule has 0 saturated carbocycles. The van der Waals surface area contributed by atoms with Crippen molar-refractivity contribution in [3.8, 4) is 5.88 Å². The number of fused-ring (bicyclic) bond motifs is 1. The maximum atomic E-state index is 15.1. The van der Waals surface area contributed by atoms with Gasteiger partial charge in [0.2, 0.25) is 11.8 Å². The van der Waals surface area contributed by atoms with E-state index in [2.05, 4.69) is 25.1 Å². The molecule has 6 atom stereocenters. The predicted octanol–water partition coefficient (Wildman–Crippen LogP) is 4.65. The Morgan fingerprint density at radius 2 is 1.44 bits per heavy atom. The highest BCUT2D eigenvalue weighted by Gasteiger charge is 2.55. The maximum Gasteiger partial charge on any atom is 0.342 e. The standard InChI is InChI=1S/C38H51IN7O10P/c1-22(2)17-26(33(48)53-19-24-13-9-7-10-14-24)44-57(51,45-27(18-23(3)4)34(49)54-20-25-15-11-8-12-16-25)55-21-28-30(47)38(5,50)35(56-28)46-31-29(41-36(46)39)32(52-6)43-37(40)42-31/h7-16,22-23,26-28,30,35,47,50H,17-21H2,1-6H3,(H2,40,42,43)(H2,44,45,51)/t26-,27-,28+,30+,35+,38+/m0/s1. The number of nitrogen functional groups attached to an aromatic ring is 1. The molecule has 2 aromatic heterocycles. The summed E-state index contributed by atoms with van der Waals surface area (Å²) in [6.07, 6.45) is -3.81. The SMILES string of the molecule is COc1nc(N)nc2c1nc(I)n2[C@@H]1O[C@H](COP(=O)(N[C@@H](CC(C)C)C(=O)OCc2ccccc2)N[C@@H](CC(C)C)C(=O)OCc2ccccc2)[C@@H](O)[C@@]1(C)O. The molecule has 0 spiro atoms. The summed E-state index contributed by atoms with van der Waals surface area (Å²) in [7, 11) is -3.06. The van der Waals surface area contributed by atoms with Gasteiger partial charge in [-0.25, -0.2) is 15.2 Å². The number of carbonyl (C=O) groups excluding carboxylic acids is 2. The van der Waals surface area contributed by atoms with E-state index >= 15 is 4.57 Å². The van der Waals surface area contributed by atoms with Crippen LogP contribution in [0.1, 0.15) is 64.8 Å². The Labute approximate surface area is 345 Å². The molecule has 2 aromatic carbocycles. The number of carbonyl (C=O) groups is 2. The highest BCUT2D eigenvalue weighted by atomic mass is 127.